The van der Waals surface area contributed by atoms with Crippen molar-refractivity contribution in [3.05, 3.63) is 59.7 Å². The normalized spacial score (nSPS) is 17.6. The molecule has 2 aliphatic rings. The third-order valence-corrected chi connectivity index (χ3v) is 6.74. The number of aliphatic hydroxyl groups is 1. The third kappa shape index (κ3) is 4.43. The van der Waals surface area contributed by atoms with Crippen LogP contribution in [0.5, 0.6) is 0 Å². The number of carbonyl (C=O) groups is 3. The van der Waals surface area contributed by atoms with Crippen molar-refractivity contribution >= 4 is 18.0 Å². The summed E-state index contributed by atoms with van der Waals surface area (Å²) in [6.07, 6.45) is -0.0184. The van der Waals surface area contributed by atoms with Crippen molar-refractivity contribution in [1.82, 2.24) is 10.6 Å². The summed E-state index contributed by atoms with van der Waals surface area (Å²) in [7, 11) is 0. The Morgan fingerprint density at radius 2 is 1.64 bits per heavy atom. The summed E-state index contributed by atoms with van der Waals surface area (Å²) in [4.78, 5) is 36.5. The molecule has 0 spiro atoms. The molecular weight excluding hydrogens is 424 g/mol. The maximum absolute atomic E-state index is 12.7. The molecule has 8 nitrogen and oxygen atoms in total. The van der Waals surface area contributed by atoms with Gasteiger partial charge in [-0.15, -0.1) is 0 Å². The first-order valence-corrected chi connectivity index (χ1v) is 11.1. The van der Waals surface area contributed by atoms with Crippen LogP contribution >= 0.6 is 0 Å². The minimum absolute atomic E-state index is 0.0433. The Morgan fingerprint density at radius 3 is 2.12 bits per heavy atom. The zero-order valence-electron chi connectivity index (χ0n) is 18.4. The molecule has 0 aliphatic heterocycles. The van der Waals surface area contributed by atoms with Crippen molar-refractivity contribution in [2.75, 3.05) is 13.2 Å². The number of carboxylic acids is 1. The molecule has 0 bridgehead atoms. The van der Waals surface area contributed by atoms with E-state index >= 15 is 0 Å². The minimum Gasteiger partial charge on any atom is -0.480 e. The van der Waals surface area contributed by atoms with Crippen LogP contribution < -0.4 is 10.6 Å². The molecular formula is C25H28N2O6. The lowest BCUT2D eigenvalue weighted by Gasteiger charge is -2.40. The lowest BCUT2D eigenvalue weighted by atomic mass is 9.68. The Labute approximate surface area is 192 Å². The molecule has 1 saturated carbocycles. The van der Waals surface area contributed by atoms with Gasteiger partial charge >= 0.3 is 12.1 Å². The van der Waals surface area contributed by atoms with Crippen LogP contribution in [0.3, 0.4) is 0 Å². The number of aliphatic carboxylic acids is 1. The number of alkyl carbamates (subject to hydrolysis) is 1. The standard InChI is InChI=1S/C25H28N2O6/c1-15(28)21(22(29)30)27-23(31)25(11-6-12-25)14-26-24(32)33-13-20-18-9-4-2-7-16(18)17-8-3-5-10-19(17)20/h2-5,7-10,15,20-21,28H,6,11-14H2,1H3,(H,26,32)(H,27,31)(H,29,30). The maximum Gasteiger partial charge on any atom is 0.407 e. The number of carboxylic acid groups (broad SMARTS) is 1. The molecule has 2 amide bonds. The fraction of sp³-hybridized carbons (Fsp3) is 0.400. The lowest BCUT2D eigenvalue weighted by molar-refractivity contribution is -0.148. The quantitative estimate of drug-likeness (QED) is 0.488. The van der Waals surface area contributed by atoms with E-state index < -0.39 is 35.5 Å². The van der Waals surface area contributed by atoms with E-state index in [0.717, 1.165) is 28.7 Å². The van der Waals surface area contributed by atoms with Gasteiger partial charge in [0, 0.05) is 12.5 Å². The summed E-state index contributed by atoms with van der Waals surface area (Å²) in [5, 5.41) is 23.9. The number of hydrogen-bond acceptors (Lipinski definition) is 5. The summed E-state index contributed by atoms with van der Waals surface area (Å²) >= 11 is 0. The fourth-order valence-corrected chi connectivity index (χ4v) is 4.66. The van der Waals surface area contributed by atoms with E-state index in [9.17, 15) is 24.6 Å². The van der Waals surface area contributed by atoms with Crippen LogP contribution in [0.2, 0.25) is 0 Å². The van der Waals surface area contributed by atoms with E-state index in [4.69, 9.17) is 4.74 Å². The first-order valence-electron chi connectivity index (χ1n) is 11.1. The van der Waals surface area contributed by atoms with E-state index in [2.05, 4.69) is 22.8 Å². The van der Waals surface area contributed by atoms with Gasteiger partial charge in [-0.05, 0) is 42.0 Å². The van der Waals surface area contributed by atoms with Gasteiger partial charge in [0.2, 0.25) is 5.91 Å². The lowest BCUT2D eigenvalue weighted by Crippen LogP contribution is -2.57. The van der Waals surface area contributed by atoms with Gasteiger partial charge in [-0.2, -0.15) is 0 Å². The first-order chi connectivity index (χ1) is 15.8. The second-order valence-electron chi connectivity index (χ2n) is 8.84. The zero-order valence-corrected chi connectivity index (χ0v) is 18.4. The highest BCUT2D eigenvalue weighted by Crippen LogP contribution is 2.44. The van der Waals surface area contributed by atoms with Gasteiger partial charge < -0.3 is 25.6 Å². The number of hydrogen-bond donors (Lipinski definition) is 4. The first kappa shape index (κ1) is 22.8. The predicted molar refractivity (Wildman–Crippen MR) is 121 cm³/mol. The molecule has 174 valence electrons. The molecule has 8 heteroatoms. The summed E-state index contributed by atoms with van der Waals surface area (Å²) in [6, 6.07) is 14.7. The molecule has 2 aromatic carbocycles. The molecule has 2 atom stereocenters. The van der Waals surface area contributed by atoms with Crippen LogP contribution in [0.4, 0.5) is 4.79 Å². The van der Waals surface area contributed by atoms with Crippen molar-refractivity contribution in [3.8, 4) is 11.1 Å². The SMILES string of the molecule is CC(O)C(NC(=O)C1(CNC(=O)OCC2c3ccccc3-c3ccccc32)CCC1)C(=O)O. The number of amides is 2. The highest BCUT2D eigenvalue weighted by Gasteiger charge is 2.46. The van der Waals surface area contributed by atoms with Crippen molar-refractivity contribution < 1.29 is 29.3 Å². The summed E-state index contributed by atoms with van der Waals surface area (Å²) in [6.45, 7) is 1.52. The zero-order chi connectivity index (χ0) is 23.6. The Balaban J connectivity index is 1.36. The third-order valence-electron chi connectivity index (χ3n) is 6.74. The van der Waals surface area contributed by atoms with E-state index in [1.54, 1.807) is 0 Å². The van der Waals surface area contributed by atoms with Crippen molar-refractivity contribution in [2.24, 2.45) is 5.41 Å². The van der Waals surface area contributed by atoms with Crippen LogP contribution in [0.25, 0.3) is 11.1 Å². The number of fused-ring (bicyclic) bond motifs is 3. The van der Waals surface area contributed by atoms with Gasteiger partial charge in [0.15, 0.2) is 6.04 Å². The average molecular weight is 453 g/mol. The van der Waals surface area contributed by atoms with Crippen molar-refractivity contribution in [1.29, 1.82) is 0 Å². The molecule has 0 radical (unpaired) electrons. The largest absolute Gasteiger partial charge is 0.480 e. The number of aliphatic hydroxyl groups excluding tert-OH is 1. The van der Waals surface area contributed by atoms with E-state index in [-0.39, 0.29) is 19.1 Å². The Bertz CT molecular complexity index is 1020. The van der Waals surface area contributed by atoms with Crippen molar-refractivity contribution in [2.45, 2.75) is 44.2 Å². The van der Waals surface area contributed by atoms with E-state index in [1.165, 1.54) is 6.92 Å². The molecule has 33 heavy (non-hydrogen) atoms. The van der Waals surface area contributed by atoms with Gasteiger partial charge in [-0.1, -0.05) is 55.0 Å². The van der Waals surface area contributed by atoms with Crippen LogP contribution in [0.15, 0.2) is 48.5 Å². The topological polar surface area (TPSA) is 125 Å². The van der Waals surface area contributed by atoms with Crippen LogP contribution in [-0.4, -0.2) is 53.5 Å². The molecule has 2 aromatic rings. The summed E-state index contributed by atoms with van der Waals surface area (Å²) in [5.41, 5.74) is 3.60. The van der Waals surface area contributed by atoms with Gasteiger partial charge in [0.1, 0.15) is 6.61 Å². The fourth-order valence-electron chi connectivity index (χ4n) is 4.66. The number of rotatable bonds is 8. The molecule has 2 unspecified atom stereocenters. The maximum atomic E-state index is 12.7. The molecule has 0 aromatic heterocycles. The molecule has 4 rings (SSSR count). The second-order valence-corrected chi connectivity index (χ2v) is 8.84. The molecule has 4 N–H and O–H groups in total. The summed E-state index contributed by atoms with van der Waals surface area (Å²) in [5.74, 6) is -1.86. The predicted octanol–water partition coefficient (Wildman–Crippen LogP) is 2.65. The average Bonchev–Trinajstić information content (AvgIpc) is 3.08. The van der Waals surface area contributed by atoms with Gasteiger partial charge in [0.05, 0.1) is 11.5 Å². The number of benzene rings is 2. The monoisotopic (exact) mass is 452 g/mol. The van der Waals surface area contributed by atoms with Crippen LogP contribution in [0, 0.1) is 5.41 Å². The molecule has 0 heterocycles. The molecule has 2 aliphatic carbocycles. The Morgan fingerprint density at radius 1 is 1.06 bits per heavy atom. The minimum atomic E-state index is -1.40. The van der Waals surface area contributed by atoms with E-state index in [1.807, 2.05) is 36.4 Å². The van der Waals surface area contributed by atoms with Crippen molar-refractivity contribution in [3.63, 3.8) is 0 Å². The Hall–Kier alpha value is -3.39. The van der Waals surface area contributed by atoms with Gasteiger partial charge in [-0.3, -0.25) is 4.79 Å². The van der Waals surface area contributed by atoms with E-state index in [0.29, 0.717) is 12.8 Å². The van der Waals surface area contributed by atoms with Gasteiger partial charge in [0.25, 0.3) is 0 Å². The van der Waals surface area contributed by atoms with Crippen LogP contribution in [-0.2, 0) is 14.3 Å². The highest BCUT2D eigenvalue weighted by molar-refractivity contribution is 5.89. The summed E-state index contributed by atoms with van der Waals surface area (Å²) < 4.78 is 5.53. The smallest absolute Gasteiger partial charge is 0.407 e. The Kier molecular flexibility index (Phi) is 6.37. The second kappa shape index (κ2) is 9.23. The number of ether oxygens (including phenoxy) is 1. The molecule has 0 saturated heterocycles. The van der Waals surface area contributed by atoms with Crippen LogP contribution in [0.1, 0.15) is 43.2 Å². The van der Waals surface area contributed by atoms with Gasteiger partial charge in [-0.25, -0.2) is 9.59 Å². The highest BCUT2D eigenvalue weighted by atomic mass is 16.5. The number of nitrogens with one attached hydrogen (secondary N) is 2. The number of carbonyl (C=O) groups excluding carboxylic acids is 2. The molecule has 1 fully saturated rings.